The maximum Gasteiger partial charge on any atom is 0.126 e. The second-order valence-corrected chi connectivity index (χ2v) is 4.40. The van der Waals surface area contributed by atoms with Gasteiger partial charge in [0, 0.05) is 5.54 Å². The number of rotatable bonds is 2. The summed E-state index contributed by atoms with van der Waals surface area (Å²) in [5.74, 6) is 0.153. The van der Waals surface area contributed by atoms with Gasteiger partial charge in [-0.1, -0.05) is 26.0 Å². The number of hydrogen-bond acceptors (Lipinski definition) is 1. The predicted octanol–water partition coefficient (Wildman–Crippen LogP) is 2.96. The van der Waals surface area contributed by atoms with Gasteiger partial charge in [-0.2, -0.15) is 0 Å². The van der Waals surface area contributed by atoms with E-state index < -0.39 is 5.54 Å². The normalized spacial score (nSPS) is 15.6. The summed E-state index contributed by atoms with van der Waals surface area (Å²) in [5.41, 5.74) is 7.43. The molecule has 14 heavy (non-hydrogen) atoms. The van der Waals surface area contributed by atoms with Crippen LogP contribution in [0.3, 0.4) is 0 Å². The van der Waals surface area contributed by atoms with Crippen LogP contribution in [0.4, 0.5) is 4.39 Å². The summed E-state index contributed by atoms with van der Waals surface area (Å²) in [6.45, 7) is 7.87. The van der Waals surface area contributed by atoms with E-state index in [2.05, 4.69) is 13.8 Å². The molecule has 0 spiro atoms. The topological polar surface area (TPSA) is 26.0 Å². The summed E-state index contributed by atoms with van der Waals surface area (Å²) in [4.78, 5) is 0. The van der Waals surface area contributed by atoms with Gasteiger partial charge in [-0.3, -0.25) is 0 Å². The Hall–Kier alpha value is -0.890. The standard InChI is InChI=1S/C12H18FN/c1-8(2)12(4,14)10-5-6-11(13)9(3)7-10/h5-8H,14H2,1-4H3. The average Bonchev–Trinajstić information content (AvgIpc) is 2.09. The monoisotopic (exact) mass is 195 g/mol. The van der Waals surface area contributed by atoms with E-state index in [1.54, 1.807) is 13.0 Å². The second-order valence-electron chi connectivity index (χ2n) is 4.40. The molecule has 0 saturated carbocycles. The van der Waals surface area contributed by atoms with E-state index in [4.69, 9.17) is 5.73 Å². The minimum atomic E-state index is -0.390. The van der Waals surface area contributed by atoms with E-state index in [1.807, 2.05) is 13.0 Å². The highest BCUT2D eigenvalue weighted by molar-refractivity contribution is 5.29. The molecule has 2 heteroatoms. The molecule has 1 aromatic carbocycles. The van der Waals surface area contributed by atoms with Gasteiger partial charge in [0.25, 0.3) is 0 Å². The Morgan fingerprint density at radius 3 is 2.36 bits per heavy atom. The highest BCUT2D eigenvalue weighted by Gasteiger charge is 2.25. The SMILES string of the molecule is Cc1cc(C(C)(N)C(C)C)ccc1F. The lowest BCUT2D eigenvalue weighted by Gasteiger charge is -2.30. The maximum atomic E-state index is 13.0. The van der Waals surface area contributed by atoms with E-state index in [-0.39, 0.29) is 5.82 Å². The Morgan fingerprint density at radius 2 is 1.93 bits per heavy atom. The molecular formula is C12H18FN. The zero-order valence-corrected chi connectivity index (χ0v) is 9.26. The molecule has 0 aliphatic carbocycles. The minimum Gasteiger partial charge on any atom is -0.321 e. The first-order valence-corrected chi connectivity index (χ1v) is 4.91. The van der Waals surface area contributed by atoms with Crippen molar-refractivity contribution in [2.45, 2.75) is 33.2 Å². The summed E-state index contributed by atoms with van der Waals surface area (Å²) in [5, 5.41) is 0. The molecule has 0 radical (unpaired) electrons. The highest BCUT2D eigenvalue weighted by Crippen LogP contribution is 2.27. The van der Waals surface area contributed by atoms with Gasteiger partial charge in [0.05, 0.1) is 0 Å². The van der Waals surface area contributed by atoms with Crippen molar-refractivity contribution in [2.24, 2.45) is 11.7 Å². The van der Waals surface area contributed by atoms with E-state index in [9.17, 15) is 4.39 Å². The van der Waals surface area contributed by atoms with Crippen LogP contribution in [0, 0.1) is 18.7 Å². The molecule has 1 aromatic rings. The first-order chi connectivity index (χ1) is 6.35. The molecule has 0 saturated heterocycles. The molecule has 0 aliphatic heterocycles. The largest absolute Gasteiger partial charge is 0.321 e. The fourth-order valence-corrected chi connectivity index (χ4v) is 1.31. The van der Waals surface area contributed by atoms with Gasteiger partial charge in [-0.05, 0) is 37.0 Å². The quantitative estimate of drug-likeness (QED) is 0.771. The van der Waals surface area contributed by atoms with Crippen molar-refractivity contribution in [3.63, 3.8) is 0 Å². The predicted molar refractivity (Wildman–Crippen MR) is 57.5 cm³/mol. The Balaban J connectivity index is 3.14. The second kappa shape index (κ2) is 3.70. The van der Waals surface area contributed by atoms with Crippen LogP contribution in [0.25, 0.3) is 0 Å². The fourth-order valence-electron chi connectivity index (χ4n) is 1.31. The van der Waals surface area contributed by atoms with Crippen LogP contribution >= 0.6 is 0 Å². The lowest BCUT2D eigenvalue weighted by Crippen LogP contribution is -2.38. The van der Waals surface area contributed by atoms with Gasteiger partial charge in [-0.25, -0.2) is 4.39 Å². The average molecular weight is 195 g/mol. The smallest absolute Gasteiger partial charge is 0.126 e. The van der Waals surface area contributed by atoms with Gasteiger partial charge in [0.1, 0.15) is 5.82 Å². The lowest BCUT2D eigenvalue weighted by atomic mass is 9.82. The van der Waals surface area contributed by atoms with Crippen LogP contribution in [0.5, 0.6) is 0 Å². The van der Waals surface area contributed by atoms with Crippen molar-refractivity contribution in [1.29, 1.82) is 0 Å². The maximum absolute atomic E-state index is 13.0. The van der Waals surface area contributed by atoms with E-state index in [1.165, 1.54) is 6.07 Å². The van der Waals surface area contributed by atoms with Crippen LogP contribution in [-0.4, -0.2) is 0 Å². The zero-order valence-electron chi connectivity index (χ0n) is 9.26. The number of aryl methyl sites for hydroxylation is 1. The van der Waals surface area contributed by atoms with Crippen molar-refractivity contribution in [1.82, 2.24) is 0 Å². The lowest BCUT2D eigenvalue weighted by molar-refractivity contribution is 0.350. The van der Waals surface area contributed by atoms with Crippen LogP contribution in [0.2, 0.25) is 0 Å². The van der Waals surface area contributed by atoms with Crippen molar-refractivity contribution in [2.75, 3.05) is 0 Å². The minimum absolute atomic E-state index is 0.173. The first-order valence-electron chi connectivity index (χ1n) is 4.91. The molecule has 78 valence electrons. The molecular weight excluding hydrogens is 177 g/mol. The molecule has 0 amide bonds. The summed E-state index contributed by atoms with van der Waals surface area (Å²) >= 11 is 0. The van der Waals surface area contributed by atoms with Gasteiger partial charge < -0.3 is 5.73 Å². The number of hydrogen-bond donors (Lipinski definition) is 1. The van der Waals surface area contributed by atoms with Crippen LogP contribution in [-0.2, 0) is 5.54 Å². The van der Waals surface area contributed by atoms with Crippen molar-refractivity contribution in [3.05, 3.63) is 35.1 Å². The Labute approximate surface area is 85.1 Å². The van der Waals surface area contributed by atoms with E-state index in [0.717, 1.165) is 5.56 Å². The van der Waals surface area contributed by atoms with Crippen LogP contribution in [0.15, 0.2) is 18.2 Å². The third-order valence-corrected chi connectivity index (χ3v) is 2.98. The highest BCUT2D eigenvalue weighted by atomic mass is 19.1. The van der Waals surface area contributed by atoms with Gasteiger partial charge >= 0.3 is 0 Å². The molecule has 1 atom stereocenters. The third kappa shape index (κ3) is 1.95. The fraction of sp³-hybridized carbons (Fsp3) is 0.500. The first kappa shape index (κ1) is 11.2. The van der Waals surface area contributed by atoms with Crippen molar-refractivity contribution >= 4 is 0 Å². The third-order valence-electron chi connectivity index (χ3n) is 2.98. The molecule has 2 N–H and O–H groups in total. The molecule has 0 heterocycles. The van der Waals surface area contributed by atoms with Gasteiger partial charge in [0.2, 0.25) is 0 Å². The number of halogens is 1. The summed E-state index contributed by atoms with van der Waals surface area (Å²) in [6, 6.07) is 5.08. The van der Waals surface area contributed by atoms with Gasteiger partial charge in [0.15, 0.2) is 0 Å². The van der Waals surface area contributed by atoms with Crippen LogP contribution in [0.1, 0.15) is 31.9 Å². The Morgan fingerprint density at radius 1 is 1.36 bits per heavy atom. The molecule has 0 bridgehead atoms. The number of nitrogens with two attached hydrogens (primary N) is 1. The molecule has 0 aliphatic rings. The number of benzene rings is 1. The Kier molecular flexibility index (Phi) is 2.95. The van der Waals surface area contributed by atoms with E-state index in [0.29, 0.717) is 11.5 Å². The summed E-state index contributed by atoms with van der Waals surface area (Å²) < 4.78 is 13.0. The Bertz CT molecular complexity index is 329. The molecule has 1 unspecified atom stereocenters. The van der Waals surface area contributed by atoms with Crippen LogP contribution < -0.4 is 5.73 Å². The summed E-state index contributed by atoms with van der Waals surface area (Å²) in [7, 11) is 0. The zero-order chi connectivity index (χ0) is 10.9. The van der Waals surface area contributed by atoms with Gasteiger partial charge in [-0.15, -0.1) is 0 Å². The van der Waals surface area contributed by atoms with E-state index >= 15 is 0 Å². The molecule has 1 rings (SSSR count). The molecule has 0 aromatic heterocycles. The molecule has 0 fully saturated rings. The molecule has 1 nitrogen and oxygen atoms in total. The van der Waals surface area contributed by atoms with Crippen molar-refractivity contribution < 1.29 is 4.39 Å². The summed E-state index contributed by atoms with van der Waals surface area (Å²) in [6.07, 6.45) is 0. The van der Waals surface area contributed by atoms with Crippen molar-refractivity contribution in [3.8, 4) is 0 Å².